The Balaban J connectivity index is 1.56. The number of hydrogen-bond acceptors (Lipinski definition) is 3. The molecule has 1 aromatic carbocycles. The number of nitrogens with two attached hydrogens (primary N) is 1. The first kappa shape index (κ1) is 18.2. The Hall–Kier alpha value is -1.65. The van der Waals surface area contributed by atoms with E-state index in [1.54, 1.807) is 0 Å². The van der Waals surface area contributed by atoms with Gasteiger partial charge in [0.05, 0.1) is 12.2 Å². The number of ether oxygens (including phenoxy) is 1. The number of likely N-dealkylation sites (tertiary alicyclic amines) is 1. The molecular weight excluding hydrogens is 312 g/mol. The molecule has 0 aromatic heterocycles. The fraction of sp³-hybridized carbons (Fsp3) is 0.571. The van der Waals surface area contributed by atoms with Crippen molar-refractivity contribution in [3.63, 3.8) is 0 Å². The monoisotopic (exact) mass is 342 g/mol. The van der Waals surface area contributed by atoms with Crippen LogP contribution in [0.2, 0.25) is 0 Å². The molecule has 1 saturated carbocycles. The van der Waals surface area contributed by atoms with Crippen LogP contribution in [0.1, 0.15) is 44.1 Å². The number of carbonyl (C=O) groups is 1. The molecule has 1 heterocycles. The van der Waals surface area contributed by atoms with Crippen LogP contribution in [-0.2, 0) is 16.1 Å². The van der Waals surface area contributed by atoms with E-state index < -0.39 is 0 Å². The Morgan fingerprint density at radius 3 is 2.60 bits per heavy atom. The van der Waals surface area contributed by atoms with E-state index in [0.717, 1.165) is 51.6 Å². The van der Waals surface area contributed by atoms with Gasteiger partial charge in [0, 0.05) is 25.0 Å². The second-order valence-electron chi connectivity index (χ2n) is 7.55. The largest absolute Gasteiger partial charge is 0.370 e. The van der Waals surface area contributed by atoms with Crippen molar-refractivity contribution in [1.82, 2.24) is 4.90 Å². The van der Waals surface area contributed by atoms with E-state index in [4.69, 9.17) is 10.5 Å². The number of hydrogen-bond donors (Lipinski definition) is 1. The lowest BCUT2D eigenvalue weighted by atomic mass is 9.87. The van der Waals surface area contributed by atoms with Gasteiger partial charge in [0.25, 0.3) is 0 Å². The SMILES string of the molecule is C=CCC1(OCc2ccccc2)CCN(C(=O)C2CCC(N)C2)CC1. The minimum absolute atomic E-state index is 0.132. The van der Waals surface area contributed by atoms with Crippen LogP contribution in [-0.4, -0.2) is 35.5 Å². The van der Waals surface area contributed by atoms with Crippen LogP contribution in [0.5, 0.6) is 0 Å². The van der Waals surface area contributed by atoms with E-state index in [0.29, 0.717) is 12.5 Å². The number of benzene rings is 1. The van der Waals surface area contributed by atoms with Gasteiger partial charge >= 0.3 is 0 Å². The predicted molar refractivity (Wildman–Crippen MR) is 99.9 cm³/mol. The van der Waals surface area contributed by atoms with Gasteiger partial charge in [-0.2, -0.15) is 0 Å². The van der Waals surface area contributed by atoms with E-state index in [1.807, 2.05) is 29.2 Å². The zero-order valence-electron chi connectivity index (χ0n) is 15.0. The van der Waals surface area contributed by atoms with Crippen LogP contribution in [0, 0.1) is 5.92 Å². The van der Waals surface area contributed by atoms with Gasteiger partial charge in [-0.25, -0.2) is 0 Å². The van der Waals surface area contributed by atoms with Gasteiger partial charge in [0.2, 0.25) is 5.91 Å². The summed E-state index contributed by atoms with van der Waals surface area (Å²) in [4.78, 5) is 14.7. The summed E-state index contributed by atoms with van der Waals surface area (Å²) < 4.78 is 6.34. The Bertz CT molecular complexity index is 579. The highest BCUT2D eigenvalue weighted by molar-refractivity contribution is 5.79. The third kappa shape index (κ3) is 4.50. The lowest BCUT2D eigenvalue weighted by Crippen LogP contribution is -2.49. The standard InChI is InChI=1S/C21H30N2O2/c1-2-10-21(25-16-17-6-4-3-5-7-17)11-13-23(14-12-21)20(24)18-8-9-19(22)15-18/h2-7,18-19H,1,8-16,22H2. The van der Waals surface area contributed by atoms with Crippen molar-refractivity contribution in [2.75, 3.05) is 13.1 Å². The molecule has 1 aliphatic carbocycles. The molecule has 2 unspecified atom stereocenters. The second kappa shape index (κ2) is 8.15. The minimum atomic E-state index is -0.194. The van der Waals surface area contributed by atoms with E-state index in [-0.39, 0.29) is 17.6 Å². The number of carbonyl (C=O) groups excluding carboxylic acids is 1. The van der Waals surface area contributed by atoms with Gasteiger partial charge in [-0.3, -0.25) is 4.79 Å². The van der Waals surface area contributed by atoms with Gasteiger partial charge in [0.15, 0.2) is 0 Å². The molecule has 0 bridgehead atoms. The van der Waals surface area contributed by atoms with Crippen molar-refractivity contribution in [1.29, 1.82) is 0 Å². The lowest BCUT2D eigenvalue weighted by Gasteiger charge is -2.42. The smallest absolute Gasteiger partial charge is 0.225 e. The molecule has 0 radical (unpaired) electrons. The van der Waals surface area contributed by atoms with Gasteiger partial charge in [0.1, 0.15) is 0 Å². The highest BCUT2D eigenvalue weighted by atomic mass is 16.5. The summed E-state index contributed by atoms with van der Waals surface area (Å²) in [7, 11) is 0. The molecule has 2 atom stereocenters. The highest BCUT2D eigenvalue weighted by Crippen LogP contribution is 2.33. The third-order valence-electron chi connectivity index (χ3n) is 5.71. The van der Waals surface area contributed by atoms with Gasteiger partial charge in [-0.05, 0) is 44.1 Å². The van der Waals surface area contributed by atoms with Crippen LogP contribution in [0.4, 0.5) is 0 Å². The molecule has 1 aromatic rings. The Labute approximate surface area is 151 Å². The second-order valence-corrected chi connectivity index (χ2v) is 7.55. The van der Waals surface area contributed by atoms with Crippen molar-refractivity contribution in [3.8, 4) is 0 Å². The zero-order valence-corrected chi connectivity index (χ0v) is 15.0. The topological polar surface area (TPSA) is 55.6 Å². The summed E-state index contributed by atoms with van der Waals surface area (Å²) >= 11 is 0. The van der Waals surface area contributed by atoms with Gasteiger partial charge < -0.3 is 15.4 Å². The fourth-order valence-electron chi connectivity index (χ4n) is 4.11. The molecule has 4 nitrogen and oxygen atoms in total. The van der Waals surface area contributed by atoms with E-state index >= 15 is 0 Å². The summed E-state index contributed by atoms with van der Waals surface area (Å²) in [6, 6.07) is 10.5. The summed E-state index contributed by atoms with van der Waals surface area (Å²) in [5.74, 6) is 0.426. The molecular formula is C21H30N2O2. The van der Waals surface area contributed by atoms with E-state index in [1.165, 1.54) is 5.56 Å². The molecule has 136 valence electrons. The summed E-state index contributed by atoms with van der Waals surface area (Å²) in [6.07, 6.45) is 7.28. The zero-order chi connectivity index (χ0) is 17.7. The number of nitrogens with zero attached hydrogens (tertiary/aromatic N) is 1. The highest BCUT2D eigenvalue weighted by Gasteiger charge is 2.38. The van der Waals surface area contributed by atoms with Crippen LogP contribution in [0.25, 0.3) is 0 Å². The Morgan fingerprint density at radius 2 is 2.00 bits per heavy atom. The number of piperidine rings is 1. The minimum Gasteiger partial charge on any atom is -0.370 e. The molecule has 3 rings (SSSR count). The van der Waals surface area contributed by atoms with Crippen molar-refractivity contribution >= 4 is 5.91 Å². The molecule has 1 saturated heterocycles. The van der Waals surface area contributed by atoms with E-state index in [9.17, 15) is 4.79 Å². The van der Waals surface area contributed by atoms with Crippen LogP contribution in [0.3, 0.4) is 0 Å². The average Bonchev–Trinajstić information content (AvgIpc) is 3.08. The molecule has 25 heavy (non-hydrogen) atoms. The van der Waals surface area contributed by atoms with Crippen molar-refractivity contribution in [2.24, 2.45) is 11.7 Å². The third-order valence-corrected chi connectivity index (χ3v) is 5.71. The fourth-order valence-corrected chi connectivity index (χ4v) is 4.11. The van der Waals surface area contributed by atoms with Crippen molar-refractivity contribution in [2.45, 2.75) is 56.8 Å². The predicted octanol–water partition coefficient (Wildman–Crippen LogP) is 3.27. The molecule has 2 aliphatic rings. The maximum absolute atomic E-state index is 12.7. The van der Waals surface area contributed by atoms with Crippen LogP contribution >= 0.6 is 0 Å². The molecule has 0 spiro atoms. The summed E-state index contributed by atoms with van der Waals surface area (Å²) in [5, 5.41) is 0. The normalized spacial score (nSPS) is 25.7. The molecule has 1 amide bonds. The molecule has 4 heteroatoms. The quantitative estimate of drug-likeness (QED) is 0.807. The summed E-state index contributed by atoms with van der Waals surface area (Å²) in [6.45, 7) is 6.06. The Kier molecular flexibility index (Phi) is 5.92. The van der Waals surface area contributed by atoms with Crippen molar-refractivity contribution < 1.29 is 9.53 Å². The maximum Gasteiger partial charge on any atom is 0.225 e. The average molecular weight is 342 g/mol. The molecule has 2 N–H and O–H groups in total. The lowest BCUT2D eigenvalue weighted by molar-refractivity contribution is -0.143. The first-order valence-electron chi connectivity index (χ1n) is 9.45. The Morgan fingerprint density at radius 1 is 1.28 bits per heavy atom. The number of rotatable bonds is 6. The summed E-state index contributed by atoms with van der Waals surface area (Å²) in [5.41, 5.74) is 6.96. The van der Waals surface area contributed by atoms with E-state index in [2.05, 4.69) is 18.7 Å². The van der Waals surface area contributed by atoms with Crippen LogP contribution < -0.4 is 5.73 Å². The van der Waals surface area contributed by atoms with Crippen molar-refractivity contribution in [3.05, 3.63) is 48.6 Å². The first-order chi connectivity index (χ1) is 12.1. The van der Waals surface area contributed by atoms with Crippen LogP contribution in [0.15, 0.2) is 43.0 Å². The first-order valence-corrected chi connectivity index (χ1v) is 9.45. The molecule has 2 fully saturated rings. The van der Waals surface area contributed by atoms with Gasteiger partial charge in [-0.1, -0.05) is 36.4 Å². The number of amides is 1. The maximum atomic E-state index is 12.7. The molecule has 1 aliphatic heterocycles. The van der Waals surface area contributed by atoms with Gasteiger partial charge in [-0.15, -0.1) is 6.58 Å².